The summed E-state index contributed by atoms with van der Waals surface area (Å²) in [6.45, 7) is 28.9. The first kappa shape index (κ1) is 47.6. The van der Waals surface area contributed by atoms with Crippen molar-refractivity contribution in [2.75, 3.05) is 27.8 Å². The molecule has 0 unspecified atom stereocenters. The molecule has 288 valence electrons. The topological polar surface area (TPSA) is 43.9 Å². The third-order valence-corrected chi connectivity index (χ3v) is 11.0. The molecule has 4 rings (SSSR count). The molecule has 0 aromatic heterocycles. The second-order valence-electron chi connectivity index (χ2n) is 15.1. The van der Waals surface area contributed by atoms with Gasteiger partial charge in [0.05, 0.1) is 0 Å². The van der Waals surface area contributed by atoms with Crippen molar-refractivity contribution < 1.29 is 55.8 Å². The number of nitrogens with zero attached hydrogens (tertiary/aromatic N) is 3. The minimum Gasteiger partial charge on any atom is 3.00 e. The molecule has 0 radical (unpaired) electrons. The molecule has 3 aromatic carbocycles. The van der Waals surface area contributed by atoms with Gasteiger partial charge in [0.1, 0.15) is 0 Å². The molecule has 53 heavy (non-hydrogen) atoms. The second kappa shape index (κ2) is 22.9. The standard InChI is InChI=1S/C27H39N2.C17H21NO2.2ClH.Ru.Y/c1-18(2)22-11-9-12-23(19(3)4)26(22)28-15-16-29(17-28)27-24(20(5)6)13-10-14-25(27)21(7)8;1-5-7-16(19)18(17(20)11-10-13(2)3)15-9-6-8-14(4)12-15;;;;/h9-14,17-21H,15-16H2,1-8H3;4,6-9,13H,5,10-11H2,1-3H3;2*1H;;/q-1;-2;;;+2;+3/p-2. The Morgan fingerprint density at radius 2 is 1.23 bits per heavy atom. The van der Waals surface area contributed by atoms with Crippen LogP contribution < -0.4 is 14.7 Å². The molecule has 1 aliphatic heterocycles. The Morgan fingerprint density at radius 1 is 0.792 bits per heavy atom. The maximum absolute atomic E-state index is 12.5. The van der Waals surface area contributed by atoms with Crippen LogP contribution in [0.5, 0.6) is 0 Å². The second-order valence-corrected chi connectivity index (χ2v) is 20.8. The van der Waals surface area contributed by atoms with Gasteiger partial charge in [-0.1, -0.05) is 91.8 Å². The summed E-state index contributed by atoms with van der Waals surface area (Å²) in [6, 6.07) is 22.0. The zero-order valence-electron chi connectivity index (χ0n) is 33.7. The summed E-state index contributed by atoms with van der Waals surface area (Å²) in [7, 11) is 11.8. The number of imide groups is 1. The van der Waals surface area contributed by atoms with E-state index in [0.29, 0.717) is 53.7 Å². The Bertz CT molecular complexity index is 1550. The van der Waals surface area contributed by atoms with Gasteiger partial charge in [-0.2, -0.15) is 6.67 Å². The smallest absolute Gasteiger partial charge is 3.00 e. The van der Waals surface area contributed by atoms with Crippen LogP contribution in [0.25, 0.3) is 0 Å². The first-order valence-corrected chi connectivity index (χ1v) is 24.2. The number of amides is 2. The van der Waals surface area contributed by atoms with Crippen LogP contribution in [0.4, 0.5) is 17.1 Å². The molecule has 0 saturated carbocycles. The van der Waals surface area contributed by atoms with E-state index in [1.54, 1.807) is 22.8 Å². The molecule has 0 aliphatic carbocycles. The Morgan fingerprint density at radius 3 is 1.60 bits per heavy atom. The number of benzene rings is 3. The van der Waals surface area contributed by atoms with E-state index in [1.165, 1.54) is 44.9 Å². The van der Waals surface area contributed by atoms with Crippen LogP contribution in [-0.4, -0.2) is 29.5 Å². The Labute approximate surface area is 360 Å². The van der Waals surface area contributed by atoms with Gasteiger partial charge in [-0.15, -0.1) is 0 Å². The quantitative estimate of drug-likeness (QED) is 0.127. The predicted octanol–water partition coefficient (Wildman–Crippen LogP) is 12.1. The van der Waals surface area contributed by atoms with E-state index in [2.05, 4.69) is 114 Å². The van der Waals surface area contributed by atoms with Gasteiger partial charge in [0.2, 0.25) is 0 Å². The van der Waals surface area contributed by atoms with Crippen molar-refractivity contribution in [3.8, 4) is 0 Å². The van der Waals surface area contributed by atoms with Gasteiger partial charge >= 0.3 is 184 Å². The number of para-hydroxylation sites is 2. The Kier molecular flexibility index (Phi) is 20.5. The van der Waals surface area contributed by atoms with Crippen molar-refractivity contribution in [2.24, 2.45) is 5.92 Å². The summed E-state index contributed by atoms with van der Waals surface area (Å²) in [5.41, 5.74) is 9.81. The van der Waals surface area contributed by atoms with Gasteiger partial charge in [0, 0.05) is 24.5 Å². The molecule has 0 spiro atoms. The van der Waals surface area contributed by atoms with Crippen LogP contribution in [0.1, 0.15) is 147 Å². The first-order chi connectivity index (χ1) is 24.6. The van der Waals surface area contributed by atoms with Gasteiger partial charge in [-0.3, -0.25) is 0 Å². The van der Waals surface area contributed by atoms with E-state index >= 15 is 0 Å². The number of rotatable bonds is 13. The third-order valence-electron chi connectivity index (χ3n) is 9.13. The molecule has 0 bridgehead atoms. The van der Waals surface area contributed by atoms with Crippen LogP contribution in [0, 0.1) is 25.1 Å². The van der Waals surface area contributed by atoms with Crippen molar-refractivity contribution in [1.29, 1.82) is 0 Å². The van der Waals surface area contributed by atoms with Crippen molar-refractivity contribution in [1.82, 2.24) is 0 Å². The van der Waals surface area contributed by atoms with E-state index in [-0.39, 0.29) is 44.5 Å². The van der Waals surface area contributed by atoms with Crippen molar-refractivity contribution in [2.45, 2.75) is 119 Å². The SMILES string of the molecule is CC(C)c1cccc(C(C)C)c1N1[CH-]N(c2c(C(C)C)cccc2C(C)C)CC1.CC[CH-]C(=O)N(C(=O)CCC(C)C)c1[c-]c([CH]=[Ru]([Cl])[Cl])ccc1.[Y+3]. The van der Waals surface area contributed by atoms with Gasteiger partial charge in [0.15, 0.2) is 0 Å². The fourth-order valence-corrected chi connectivity index (χ4v) is 8.12. The maximum atomic E-state index is 12.5. The zero-order valence-corrected chi connectivity index (χ0v) is 39.8. The minimum atomic E-state index is -1.99. The summed E-state index contributed by atoms with van der Waals surface area (Å²) in [4.78, 5) is 31.1. The summed E-state index contributed by atoms with van der Waals surface area (Å²) in [5, 5.41) is 0. The molecule has 0 N–H and O–H groups in total. The number of anilines is 3. The normalized spacial score (nSPS) is 13.0. The van der Waals surface area contributed by atoms with Crippen molar-refractivity contribution in [3.63, 3.8) is 0 Å². The van der Waals surface area contributed by atoms with Crippen LogP contribution in [0.15, 0.2) is 54.6 Å². The van der Waals surface area contributed by atoms with Gasteiger partial charge in [-0.05, 0) is 45.9 Å². The van der Waals surface area contributed by atoms with Crippen LogP contribution in [-0.2, 0) is 55.8 Å². The molecule has 1 saturated heterocycles. The summed E-state index contributed by atoms with van der Waals surface area (Å²) in [5.74, 6) is 1.92. The molecule has 1 aliphatic rings. The summed E-state index contributed by atoms with van der Waals surface area (Å²) >= 11 is -1.99. The molecule has 1 fully saturated rings. The molecule has 9 heteroatoms. The summed E-state index contributed by atoms with van der Waals surface area (Å²) in [6.07, 6.45) is 3.13. The fourth-order valence-electron chi connectivity index (χ4n) is 6.44. The number of carbonyl (C=O) groups excluding carboxylic acids is 2. The average Bonchev–Trinajstić information content (AvgIpc) is 3.56. The largest absolute Gasteiger partial charge is 3.00 e. The zero-order chi connectivity index (χ0) is 38.7. The van der Waals surface area contributed by atoms with Crippen LogP contribution >= 0.6 is 19.4 Å². The molecule has 0 atom stereocenters. The third kappa shape index (κ3) is 13.6. The fraction of sp³-hybridized carbons (Fsp3) is 0.477. The number of carbonyl (C=O) groups is 2. The Hall–Kier alpha value is -1.55. The Balaban J connectivity index is 0.000000370. The van der Waals surface area contributed by atoms with Gasteiger partial charge in [0.25, 0.3) is 0 Å². The molecule has 2 amide bonds. The number of halogens is 2. The van der Waals surface area contributed by atoms with Crippen LogP contribution in [0.3, 0.4) is 0 Å². The van der Waals surface area contributed by atoms with E-state index in [0.717, 1.165) is 19.5 Å². The van der Waals surface area contributed by atoms with Gasteiger partial charge in [-0.25, -0.2) is 0 Å². The molecule has 5 nitrogen and oxygen atoms in total. The first-order valence-electron chi connectivity index (χ1n) is 18.8. The predicted molar refractivity (Wildman–Crippen MR) is 222 cm³/mol. The van der Waals surface area contributed by atoms with Crippen LogP contribution in [0.2, 0.25) is 0 Å². The number of hydrogen-bond acceptors (Lipinski definition) is 4. The van der Waals surface area contributed by atoms with Crippen molar-refractivity contribution >= 4 is 52.9 Å². The van der Waals surface area contributed by atoms with E-state index in [9.17, 15) is 9.59 Å². The average molecular weight is 924 g/mol. The summed E-state index contributed by atoms with van der Waals surface area (Å²) < 4.78 is 1.74. The molecule has 3 aromatic rings. The monoisotopic (exact) mass is 923 g/mol. The molecular formula is C44H60Cl2N3O2RuY. The molecular weight excluding hydrogens is 863 g/mol. The van der Waals surface area contributed by atoms with E-state index < -0.39 is 13.5 Å². The molecule has 1 heterocycles. The van der Waals surface area contributed by atoms with Crippen molar-refractivity contribution in [3.05, 3.63) is 102 Å². The van der Waals surface area contributed by atoms with E-state index in [1.807, 2.05) is 20.8 Å². The maximum Gasteiger partial charge on any atom is 3.00 e. The van der Waals surface area contributed by atoms with E-state index in [4.69, 9.17) is 19.4 Å². The number of hydrogen-bond donors (Lipinski definition) is 0. The minimum absolute atomic E-state index is 0. The van der Waals surface area contributed by atoms with Gasteiger partial charge < -0.3 is 9.80 Å².